The normalized spacial score (nSPS) is 23.5. The molecular formula is C16H31N3O2. The highest BCUT2D eigenvalue weighted by Crippen LogP contribution is 2.13. The fraction of sp³-hybridized carbons (Fsp3) is 0.938. The molecule has 1 unspecified atom stereocenters. The quantitative estimate of drug-likeness (QED) is 0.820. The summed E-state index contributed by atoms with van der Waals surface area (Å²) in [5, 5.41) is 3.53. The molecule has 2 aliphatic rings. The third-order valence-corrected chi connectivity index (χ3v) is 4.39. The molecule has 1 N–H and O–H groups in total. The van der Waals surface area contributed by atoms with Gasteiger partial charge in [-0.05, 0) is 38.8 Å². The number of likely N-dealkylation sites (tertiary alicyclic amines) is 1. The second-order valence-corrected chi connectivity index (χ2v) is 6.79. The number of rotatable bonds is 5. The van der Waals surface area contributed by atoms with E-state index in [-0.39, 0.29) is 11.9 Å². The highest BCUT2D eigenvalue weighted by molar-refractivity contribution is 5.81. The van der Waals surface area contributed by atoms with Gasteiger partial charge in [-0.1, -0.05) is 13.8 Å². The molecule has 2 fully saturated rings. The van der Waals surface area contributed by atoms with Crippen molar-refractivity contribution in [2.24, 2.45) is 5.92 Å². The van der Waals surface area contributed by atoms with Crippen LogP contribution in [0.3, 0.4) is 0 Å². The molecule has 1 atom stereocenters. The van der Waals surface area contributed by atoms with Crippen LogP contribution in [0.5, 0.6) is 0 Å². The molecule has 2 saturated heterocycles. The van der Waals surface area contributed by atoms with E-state index in [1.54, 1.807) is 0 Å². The molecular weight excluding hydrogens is 266 g/mol. The second kappa shape index (κ2) is 8.11. The first-order valence-corrected chi connectivity index (χ1v) is 8.41. The van der Waals surface area contributed by atoms with E-state index < -0.39 is 0 Å². The van der Waals surface area contributed by atoms with Gasteiger partial charge in [0.05, 0.1) is 19.3 Å². The number of piperidine rings is 1. The molecule has 0 aromatic heterocycles. The van der Waals surface area contributed by atoms with Gasteiger partial charge in [0, 0.05) is 25.7 Å². The summed E-state index contributed by atoms with van der Waals surface area (Å²) in [6, 6.07) is 0.401. The molecule has 0 radical (unpaired) electrons. The number of carbonyl (C=O) groups excluding carboxylic acids is 1. The maximum Gasteiger partial charge on any atom is 0.239 e. The predicted octanol–water partition coefficient (Wildman–Crippen LogP) is 0.944. The highest BCUT2D eigenvalue weighted by Gasteiger charge is 2.26. The monoisotopic (exact) mass is 297 g/mol. The average Bonchev–Trinajstić information content (AvgIpc) is 2.49. The fourth-order valence-corrected chi connectivity index (χ4v) is 3.28. The lowest BCUT2D eigenvalue weighted by Gasteiger charge is -2.36. The molecule has 0 spiro atoms. The molecule has 2 heterocycles. The van der Waals surface area contributed by atoms with E-state index in [4.69, 9.17) is 4.74 Å². The number of hydrogen-bond acceptors (Lipinski definition) is 4. The van der Waals surface area contributed by atoms with Gasteiger partial charge in [-0.15, -0.1) is 0 Å². The van der Waals surface area contributed by atoms with Crippen LogP contribution in [-0.2, 0) is 9.53 Å². The van der Waals surface area contributed by atoms with E-state index >= 15 is 0 Å². The zero-order valence-electron chi connectivity index (χ0n) is 13.8. The van der Waals surface area contributed by atoms with E-state index in [0.29, 0.717) is 19.3 Å². The lowest BCUT2D eigenvalue weighted by Crippen LogP contribution is -2.53. The van der Waals surface area contributed by atoms with Gasteiger partial charge in [0.15, 0.2) is 0 Å². The zero-order valence-corrected chi connectivity index (χ0v) is 13.8. The van der Waals surface area contributed by atoms with Crippen molar-refractivity contribution >= 4 is 5.91 Å². The summed E-state index contributed by atoms with van der Waals surface area (Å²) in [5.41, 5.74) is 0. The molecule has 2 rings (SSSR count). The summed E-state index contributed by atoms with van der Waals surface area (Å²) in [5.74, 6) is 0.958. The first-order chi connectivity index (χ1) is 10.1. The van der Waals surface area contributed by atoms with Crippen molar-refractivity contribution < 1.29 is 9.53 Å². The lowest BCUT2D eigenvalue weighted by molar-refractivity contribution is -0.137. The maximum atomic E-state index is 12.4. The van der Waals surface area contributed by atoms with E-state index in [1.807, 2.05) is 11.8 Å². The number of nitrogens with one attached hydrogen (secondary N) is 1. The van der Waals surface area contributed by atoms with E-state index in [0.717, 1.165) is 44.9 Å². The first kappa shape index (κ1) is 16.7. The van der Waals surface area contributed by atoms with E-state index in [2.05, 4.69) is 24.1 Å². The average molecular weight is 297 g/mol. The van der Waals surface area contributed by atoms with Gasteiger partial charge in [0.25, 0.3) is 0 Å². The van der Waals surface area contributed by atoms with Crippen molar-refractivity contribution in [2.45, 2.75) is 45.7 Å². The Morgan fingerprint density at radius 1 is 1.14 bits per heavy atom. The lowest BCUT2D eigenvalue weighted by atomic mass is 10.0. The minimum absolute atomic E-state index is 0.0789. The van der Waals surface area contributed by atoms with Crippen molar-refractivity contribution in [1.82, 2.24) is 15.1 Å². The fourth-order valence-electron chi connectivity index (χ4n) is 3.28. The summed E-state index contributed by atoms with van der Waals surface area (Å²) in [6.45, 7) is 12.8. The largest absolute Gasteiger partial charge is 0.378 e. The SMILES string of the molecule is CC(C)CN1CCC(NC(C)C(=O)N2CCOCC2)CC1. The minimum atomic E-state index is -0.0789. The number of amides is 1. The van der Waals surface area contributed by atoms with Crippen LogP contribution in [0, 0.1) is 5.92 Å². The molecule has 0 bridgehead atoms. The van der Waals surface area contributed by atoms with Gasteiger partial charge in [-0.3, -0.25) is 4.79 Å². The second-order valence-electron chi connectivity index (χ2n) is 6.79. The van der Waals surface area contributed by atoms with Crippen LogP contribution in [0.2, 0.25) is 0 Å². The third-order valence-electron chi connectivity index (χ3n) is 4.39. The Balaban J connectivity index is 1.71. The predicted molar refractivity (Wildman–Crippen MR) is 84.3 cm³/mol. The minimum Gasteiger partial charge on any atom is -0.378 e. The van der Waals surface area contributed by atoms with Gasteiger partial charge >= 0.3 is 0 Å². The Morgan fingerprint density at radius 2 is 1.76 bits per heavy atom. The molecule has 21 heavy (non-hydrogen) atoms. The molecule has 5 nitrogen and oxygen atoms in total. The van der Waals surface area contributed by atoms with Gasteiger partial charge < -0.3 is 19.9 Å². The molecule has 0 aliphatic carbocycles. The molecule has 0 aromatic carbocycles. The summed E-state index contributed by atoms with van der Waals surface area (Å²) in [4.78, 5) is 16.8. The van der Waals surface area contributed by atoms with Crippen molar-refractivity contribution in [2.75, 3.05) is 45.9 Å². The standard InChI is InChI=1S/C16H31N3O2/c1-13(2)12-18-6-4-15(5-7-18)17-14(3)16(20)19-8-10-21-11-9-19/h13-15,17H,4-12H2,1-3H3. The topological polar surface area (TPSA) is 44.8 Å². The number of hydrogen-bond donors (Lipinski definition) is 1. The number of morpholine rings is 1. The Morgan fingerprint density at radius 3 is 2.33 bits per heavy atom. The molecule has 0 aromatic rings. The Hall–Kier alpha value is -0.650. The zero-order chi connectivity index (χ0) is 15.2. The Labute approximate surface area is 129 Å². The molecule has 0 saturated carbocycles. The smallest absolute Gasteiger partial charge is 0.239 e. The summed E-state index contributed by atoms with van der Waals surface area (Å²) in [6.07, 6.45) is 2.29. The highest BCUT2D eigenvalue weighted by atomic mass is 16.5. The summed E-state index contributed by atoms with van der Waals surface area (Å²) >= 11 is 0. The molecule has 122 valence electrons. The van der Waals surface area contributed by atoms with Crippen LogP contribution in [0.4, 0.5) is 0 Å². The molecule has 5 heteroatoms. The van der Waals surface area contributed by atoms with Crippen LogP contribution in [-0.4, -0.2) is 73.7 Å². The van der Waals surface area contributed by atoms with Crippen LogP contribution in [0.15, 0.2) is 0 Å². The van der Waals surface area contributed by atoms with Crippen molar-refractivity contribution in [3.8, 4) is 0 Å². The van der Waals surface area contributed by atoms with Crippen LogP contribution >= 0.6 is 0 Å². The van der Waals surface area contributed by atoms with Gasteiger partial charge in [0.2, 0.25) is 5.91 Å². The Kier molecular flexibility index (Phi) is 6.45. The summed E-state index contributed by atoms with van der Waals surface area (Å²) in [7, 11) is 0. The number of carbonyl (C=O) groups is 1. The van der Waals surface area contributed by atoms with Crippen LogP contribution in [0.25, 0.3) is 0 Å². The number of nitrogens with zero attached hydrogens (tertiary/aromatic N) is 2. The van der Waals surface area contributed by atoms with E-state index in [1.165, 1.54) is 6.54 Å². The number of ether oxygens (including phenoxy) is 1. The summed E-state index contributed by atoms with van der Waals surface area (Å²) < 4.78 is 5.30. The molecule has 1 amide bonds. The van der Waals surface area contributed by atoms with Gasteiger partial charge in [0.1, 0.15) is 0 Å². The van der Waals surface area contributed by atoms with Crippen LogP contribution in [0.1, 0.15) is 33.6 Å². The van der Waals surface area contributed by atoms with E-state index in [9.17, 15) is 4.79 Å². The third kappa shape index (κ3) is 5.24. The Bertz CT molecular complexity index is 321. The van der Waals surface area contributed by atoms with Gasteiger partial charge in [-0.2, -0.15) is 0 Å². The van der Waals surface area contributed by atoms with Crippen molar-refractivity contribution in [3.63, 3.8) is 0 Å². The van der Waals surface area contributed by atoms with Crippen LogP contribution < -0.4 is 5.32 Å². The maximum absolute atomic E-state index is 12.4. The van der Waals surface area contributed by atoms with Gasteiger partial charge in [-0.25, -0.2) is 0 Å². The van der Waals surface area contributed by atoms with Crippen molar-refractivity contribution in [3.05, 3.63) is 0 Å². The van der Waals surface area contributed by atoms with Crippen molar-refractivity contribution in [1.29, 1.82) is 0 Å². The molecule has 2 aliphatic heterocycles. The first-order valence-electron chi connectivity index (χ1n) is 8.41.